The second-order valence-electron chi connectivity index (χ2n) is 4.46. The Labute approximate surface area is 105 Å². The summed E-state index contributed by atoms with van der Waals surface area (Å²) < 4.78 is 0. The molecule has 1 aromatic carbocycles. The van der Waals surface area contributed by atoms with E-state index in [1.165, 1.54) is 11.1 Å². The predicted molar refractivity (Wildman–Crippen MR) is 76.7 cm³/mol. The summed E-state index contributed by atoms with van der Waals surface area (Å²) in [5, 5.41) is 0. The largest absolute Gasteiger partial charge is 0.292 e. The van der Waals surface area contributed by atoms with Gasteiger partial charge in [0.15, 0.2) is 0 Å². The van der Waals surface area contributed by atoms with Gasteiger partial charge in [-0.15, -0.1) is 0 Å². The van der Waals surface area contributed by atoms with Gasteiger partial charge in [-0.05, 0) is 43.9 Å². The van der Waals surface area contributed by atoms with E-state index in [4.69, 9.17) is 0 Å². The van der Waals surface area contributed by atoms with Gasteiger partial charge in [0.25, 0.3) is 0 Å². The second-order valence-corrected chi connectivity index (χ2v) is 4.46. The molecule has 0 unspecified atom stereocenters. The summed E-state index contributed by atoms with van der Waals surface area (Å²) >= 11 is 0. The quantitative estimate of drug-likeness (QED) is 0.528. The monoisotopic (exact) mass is 227 g/mol. The number of nitrogens with zero attached hydrogens (tertiary/aromatic N) is 1. The van der Waals surface area contributed by atoms with Crippen molar-refractivity contribution >= 4 is 6.21 Å². The third-order valence-electron chi connectivity index (χ3n) is 2.59. The van der Waals surface area contributed by atoms with Gasteiger partial charge in [0.2, 0.25) is 0 Å². The first-order valence-corrected chi connectivity index (χ1v) is 5.98. The summed E-state index contributed by atoms with van der Waals surface area (Å²) in [6.07, 6.45) is 2.93. The van der Waals surface area contributed by atoms with Crippen LogP contribution in [0.15, 0.2) is 58.6 Å². The van der Waals surface area contributed by atoms with E-state index in [2.05, 4.69) is 49.7 Å². The maximum absolute atomic E-state index is 4.47. The molecule has 0 fully saturated rings. The Kier molecular flexibility index (Phi) is 5.41. The fourth-order valence-corrected chi connectivity index (χ4v) is 1.66. The molecule has 0 spiro atoms. The number of aliphatic imine (C=N–C) groups is 1. The molecular formula is C16H21N. The molecule has 0 aliphatic heterocycles. The number of allylic oxidation sites excluding steroid dienone is 3. The smallest absolute Gasteiger partial charge is 0.0429 e. The number of hydrogen-bond acceptors (Lipinski definition) is 1. The Morgan fingerprint density at radius 3 is 2.35 bits per heavy atom. The molecular weight excluding hydrogens is 206 g/mol. The standard InChI is InChI=1S/C16H21N/c1-13(2)16(14(3)4)12-17-11-10-15-8-6-5-7-9-15/h5-9,12H,1,10-11H2,2-4H3. The molecule has 0 heterocycles. The molecule has 0 aliphatic rings. The van der Waals surface area contributed by atoms with Gasteiger partial charge >= 0.3 is 0 Å². The third-order valence-corrected chi connectivity index (χ3v) is 2.59. The molecule has 1 rings (SSSR count). The summed E-state index contributed by atoms with van der Waals surface area (Å²) in [6.45, 7) is 11.0. The van der Waals surface area contributed by atoms with Gasteiger partial charge in [0.05, 0.1) is 0 Å². The van der Waals surface area contributed by atoms with Crippen molar-refractivity contribution < 1.29 is 0 Å². The van der Waals surface area contributed by atoms with E-state index in [-0.39, 0.29) is 0 Å². The van der Waals surface area contributed by atoms with Crippen molar-refractivity contribution in [2.75, 3.05) is 6.54 Å². The van der Waals surface area contributed by atoms with Crippen LogP contribution in [0.1, 0.15) is 26.3 Å². The molecule has 0 saturated heterocycles. The van der Waals surface area contributed by atoms with Crippen molar-refractivity contribution in [2.24, 2.45) is 4.99 Å². The van der Waals surface area contributed by atoms with E-state index in [0.29, 0.717) is 0 Å². The molecule has 0 radical (unpaired) electrons. The minimum atomic E-state index is 0.827. The molecule has 0 N–H and O–H groups in total. The van der Waals surface area contributed by atoms with E-state index in [9.17, 15) is 0 Å². The second kappa shape index (κ2) is 6.85. The molecule has 0 aromatic heterocycles. The highest BCUT2D eigenvalue weighted by molar-refractivity contribution is 5.85. The first-order chi connectivity index (χ1) is 8.11. The van der Waals surface area contributed by atoms with Crippen LogP contribution < -0.4 is 0 Å². The lowest BCUT2D eigenvalue weighted by molar-refractivity contribution is 0.972. The normalized spacial score (nSPS) is 10.5. The number of benzene rings is 1. The average Bonchev–Trinajstić information content (AvgIpc) is 2.29. The van der Waals surface area contributed by atoms with E-state index in [0.717, 1.165) is 24.1 Å². The molecule has 0 amide bonds. The maximum atomic E-state index is 4.47. The van der Waals surface area contributed by atoms with Crippen molar-refractivity contribution in [3.63, 3.8) is 0 Å². The van der Waals surface area contributed by atoms with Gasteiger partial charge in [0.1, 0.15) is 0 Å². The van der Waals surface area contributed by atoms with Crippen LogP contribution in [0.5, 0.6) is 0 Å². The molecule has 0 saturated carbocycles. The van der Waals surface area contributed by atoms with Crippen LogP contribution in [0.2, 0.25) is 0 Å². The van der Waals surface area contributed by atoms with Crippen LogP contribution in [0.3, 0.4) is 0 Å². The molecule has 1 aromatic rings. The Balaban J connectivity index is 2.51. The zero-order valence-electron chi connectivity index (χ0n) is 11.0. The molecule has 1 nitrogen and oxygen atoms in total. The van der Waals surface area contributed by atoms with E-state index >= 15 is 0 Å². The van der Waals surface area contributed by atoms with Crippen molar-refractivity contribution in [1.29, 1.82) is 0 Å². The highest BCUT2D eigenvalue weighted by Gasteiger charge is 1.96. The molecule has 1 heteroatoms. The van der Waals surface area contributed by atoms with Gasteiger partial charge in [0, 0.05) is 12.8 Å². The summed E-state index contributed by atoms with van der Waals surface area (Å²) in [7, 11) is 0. The van der Waals surface area contributed by atoms with Crippen LogP contribution in [-0.4, -0.2) is 12.8 Å². The van der Waals surface area contributed by atoms with Crippen LogP contribution in [0.4, 0.5) is 0 Å². The molecule has 17 heavy (non-hydrogen) atoms. The lowest BCUT2D eigenvalue weighted by atomic mass is 10.1. The molecule has 0 aliphatic carbocycles. The highest BCUT2D eigenvalue weighted by atomic mass is 14.7. The van der Waals surface area contributed by atoms with Crippen LogP contribution in [0, 0.1) is 0 Å². The molecule has 0 atom stereocenters. The van der Waals surface area contributed by atoms with Crippen molar-refractivity contribution in [3.8, 4) is 0 Å². The fourth-order valence-electron chi connectivity index (χ4n) is 1.66. The summed E-state index contributed by atoms with van der Waals surface area (Å²) in [5.41, 5.74) is 4.84. The first-order valence-electron chi connectivity index (χ1n) is 5.98. The van der Waals surface area contributed by atoms with Crippen molar-refractivity contribution in [2.45, 2.75) is 27.2 Å². The summed E-state index contributed by atoms with van der Waals surface area (Å²) in [5.74, 6) is 0. The van der Waals surface area contributed by atoms with Gasteiger partial charge in [-0.2, -0.15) is 0 Å². The van der Waals surface area contributed by atoms with Crippen molar-refractivity contribution in [1.82, 2.24) is 0 Å². The Morgan fingerprint density at radius 2 is 1.82 bits per heavy atom. The van der Waals surface area contributed by atoms with E-state index < -0.39 is 0 Å². The van der Waals surface area contributed by atoms with E-state index in [1.54, 1.807) is 0 Å². The summed E-state index contributed by atoms with van der Waals surface area (Å²) in [4.78, 5) is 4.47. The molecule has 90 valence electrons. The Bertz CT molecular complexity index is 420. The van der Waals surface area contributed by atoms with Gasteiger partial charge in [-0.1, -0.05) is 42.5 Å². The van der Waals surface area contributed by atoms with Crippen molar-refractivity contribution in [3.05, 3.63) is 59.2 Å². The van der Waals surface area contributed by atoms with E-state index in [1.807, 2.05) is 19.2 Å². The number of hydrogen-bond donors (Lipinski definition) is 0. The van der Waals surface area contributed by atoms with Crippen LogP contribution in [-0.2, 0) is 6.42 Å². The number of rotatable bonds is 5. The maximum Gasteiger partial charge on any atom is 0.0429 e. The minimum absolute atomic E-state index is 0.827. The van der Waals surface area contributed by atoms with Crippen LogP contribution in [0.25, 0.3) is 0 Å². The average molecular weight is 227 g/mol. The van der Waals surface area contributed by atoms with Gasteiger partial charge in [-0.25, -0.2) is 0 Å². The van der Waals surface area contributed by atoms with Gasteiger partial charge in [-0.3, -0.25) is 4.99 Å². The van der Waals surface area contributed by atoms with Gasteiger partial charge < -0.3 is 0 Å². The third kappa shape index (κ3) is 4.81. The zero-order chi connectivity index (χ0) is 12.7. The fraction of sp³-hybridized carbons (Fsp3) is 0.312. The topological polar surface area (TPSA) is 12.4 Å². The summed E-state index contributed by atoms with van der Waals surface area (Å²) in [6, 6.07) is 10.4. The first kappa shape index (κ1) is 13.4. The highest BCUT2D eigenvalue weighted by Crippen LogP contribution is 2.09. The SMILES string of the molecule is C=C(C)C(C=NCCc1ccccc1)=C(C)C. The Morgan fingerprint density at radius 1 is 1.18 bits per heavy atom. The minimum Gasteiger partial charge on any atom is -0.292 e. The zero-order valence-corrected chi connectivity index (χ0v) is 11.0. The predicted octanol–water partition coefficient (Wildman–Crippen LogP) is 4.21. The Hall–Kier alpha value is -1.63. The lowest BCUT2D eigenvalue weighted by Gasteiger charge is -2.03. The lowest BCUT2D eigenvalue weighted by Crippen LogP contribution is -1.93. The molecule has 0 bridgehead atoms. The van der Waals surface area contributed by atoms with Crippen LogP contribution >= 0.6 is 0 Å².